The van der Waals surface area contributed by atoms with Gasteiger partial charge in [-0.15, -0.1) is 0 Å². The Kier molecular flexibility index (Phi) is 13.0. The number of unbranched alkanes of at least 4 members (excludes halogenated alkanes) is 1. The molecule has 0 aromatic rings. The van der Waals surface area contributed by atoms with E-state index in [0.717, 1.165) is 37.8 Å². The fraction of sp³-hybridized carbons (Fsp3) is 0.667. The SMILES string of the molecule is C=CC(=O)OCCOCC(CC(CC)CCCC)OC(=O)C=C. The second-order valence-corrected chi connectivity index (χ2v) is 5.36. The van der Waals surface area contributed by atoms with Crippen LogP contribution in [0.15, 0.2) is 25.3 Å². The average Bonchev–Trinajstić information content (AvgIpc) is 2.57. The summed E-state index contributed by atoms with van der Waals surface area (Å²) in [5, 5.41) is 0. The Balaban J connectivity index is 4.27. The first-order valence-electron chi connectivity index (χ1n) is 8.27. The van der Waals surface area contributed by atoms with Gasteiger partial charge < -0.3 is 14.2 Å². The molecule has 0 saturated heterocycles. The Bertz CT molecular complexity index is 364. The van der Waals surface area contributed by atoms with Crippen molar-refractivity contribution in [2.24, 2.45) is 5.92 Å². The summed E-state index contributed by atoms with van der Waals surface area (Å²) >= 11 is 0. The summed E-state index contributed by atoms with van der Waals surface area (Å²) in [5.41, 5.74) is 0. The van der Waals surface area contributed by atoms with Crippen LogP contribution in [-0.4, -0.2) is 37.9 Å². The highest BCUT2D eigenvalue weighted by Gasteiger charge is 2.18. The van der Waals surface area contributed by atoms with E-state index in [1.54, 1.807) is 0 Å². The summed E-state index contributed by atoms with van der Waals surface area (Å²) in [6, 6.07) is 0. The van der Waals surface area contributed by atoms with Crippen molar-refractivity contribution in [3.8, 4) is 0 Å². The van der Waals surface area contributed by atoms with Gasteiger partial charge in [-0.05, 0) is 12.3 Å². The van der Waals surface area contributed by atoms with Crippen LogP contribution in [-0.2, 0) is 23.8 Å². The minimum Gasteiger partial charge on any atom is -0.460 e. The zero-order valence-corrected chi connectivity index (χ0v) is 14.4. The van der Waals surface area contributed by atoms with Crippen LogP contribution >= 0.6 is 0 Å². The van der Waals surface area contributed by atoms with Crippen LogP contribution in [0.4, 0.5) is 0 Å². The smallest absolute Gasteiger partial charge is 0.330 e. The molecule has 0 amide bonds. The van der Waals surface area contributed by atoms with Crippen LogP contribution in [0.3, 0.4) is 0 Å². The van der Waals surface area contributed by atoms with Crippen LogP contribution in [0.25, 0.3) is 0 Å². The standard InChI is InChI=1S/C18H30O5/c1-5-9-10-15(6-2)13-16(23-18(20)8-4)14-21-11-12-22-17(19)7-3/h7-8,15-16H,3-6,9-14H2,1-2H3. The van der Waals surface area contributed by atoms with E-state index in [9.17, 15) is 9.59 Å². The van der Waals surface area contributed by atoms with Crippen molar-refractivity contribution in [2.45, 2.75) is 52.1 Å². The molecular weight excluding hydrogens is 296 g/mol. The Hall–Kier alpha value is -1.62. The molecule has 0 aromatic heterocycles. The van der Waals surface area contributed by atoms with Gasteiger partial charge in [0.1, 0.15) is 12.7 Å². The third kappa shape index (κ3) is 11.6. The van der Waals surface area contributed by atoms with Crippen molar-refractivity contribution in [1.82, 2.24) is 0 Å². The summed E-state index contributed by atoms with van der Waals surface area (Å²) in [7, 11) is 0. The quantitative estimate of drug-likeness (QED) is 0.278. The number of carbonyl (C=O) groups excluding carboxylic acids is 2. The number of rotatable bonds is 14. The average molecular weight is 326 g/mol. The van der Waals surface area contributed by atoms with Crippen LogP contribution in [0.5, 0.6) is 0 Å². The largest absolute Gasteiger partial charge is 0.460 e. The van der Waals surface area contributed by atoms with E-state index in [1.807, 2.05) is 0 Å². The van der Waals surface area contributed by atoms with Gasteiger partial charge >= 0.3 is 11.9 Å². The molecule has 0 radical (unpaired) electrons. The summed E-state index contributed by atoms with van der Waals surface area (Å²) in [4.78, 5) is 22.3. The van der Waals surface area contributed by atoms with E-state index in [4.69, 9.17) is 14.2 Å². The van der Waals surface area contributed by atoms with E-state index in [-0.39, 0.29) is 25.9 Å². The molecule has 0 aliphatic heterocycles. The van der Waals surface area contributed by atoms with Gasteiger partial charge in [0.2, 0.25) is 0 Å². The van der Waals surface area contributed by atoms with Crippen molar-refractivity contribution in [3.63, 3.8) is 0 Å². The summed E-state index contributed by atoms with van der Waals surface area (Å²) < 4.78 is 15.6. The molecule has 2 unspecified atom stereocenters. The van der Waals surface area contributed by atoms with Gasteiger partial charge in [0.25, 0.3) is 0 Å². The molecule has 0 aromatic carbocycles. The van der Waals surface area contributed by atoms with Gasteiger partial charge in [-0.3, -0.25) is 0 Å². The zero-order valence-electron chi connectivity index (χ0n) is 14.4. The third-order valence-electron chi connectivity index (χ3n) is 3.53. The van der Waals surface area contributed by atoms with Crippen molar-refractivity contribution in [2.75, 3.05) is 19.8 Å². The molecule has 0 bridgehead atoms. The summed E-state index contributed by atoms with van der Waals surface area (Å²) in [5.74, 6) is -0.421. The lowest BCUT2D eigenvalue weighted by molar-refractivity contribution is -0.148. The molecule has 0 rings (SSSR count). The first kappa shape index (κ1) is 21.4. The molecule has 0 fully saturated rings. The third-order valence-corrected chi connectivity index (χ3v) is 3.53. The van der Waals surface area contributed by atoms with Gasteiger partial charge in [-0.1, -0.05) is 52.7 Å². The highest BCUT2D eigenvalue weighted by atomic mass is 16.6. The van der Waals surface area contributed by atoms with E-state index >= 15 is 0 Å². The van der Waals surface area contributed by atoms with E-state index < -0.39 is 11.9 Å². The first-order valence-corrected chi connectivity index (χ1v) is 8.27. The first-order chi connectivity index (χ1) is 11.1. The number of ether oxygens (including phenoxy) is 3. The lowest BCUT2D eigenvalue weighted by Gasteiger charge is -2.22. The molecule has 23 heavy (non-hydrogen) atoms. The molecule has 5 nitrogen and oxygen atoms in total. The fourth-order valence-electron chi connectivity index (χ4n) is 2.19. The highest BCUT2D eigenvalue weighted by molar-refractivity contribution is 5.81. The molecular formula is C18H30O5. The van der Waals surface area contributed by atoms with Crippen LogP contribution in [0.2, 0.25) is 0 Å². The van der Waals surface area contributed by atoms with E-state index in [1.165, 1.54) is 6.42 Å². The maximum atomic E-state index is 11.4. The highest BCUT2D eigenvalue weighted by Crippen LogP contribution is 2.20. The maximum absolute atomic E-state index is 11.4. The lowest BCUT2D eigenvalue weighted by atomic mass is 9.93. The monoisotopic (exact) mass is 326 g/mol. The summed E-state index contributed by atoms with van der Waals surface area (Å²) in [6.45, 7) is 11.7. The van der Waals surface area contributed by atoms with Gasteiger partial charge in [-0.2, -0.15) is 0 Å². The lowest BCUT2D eigenvalue weighted by Crippen LogP contribution is -2.26. The topological polar surface area (TPSA) is 61.8 Å². The summed E-state index contributed by atoms with van der Waals surface area (Å²) in [6.07, 6.45) is 7.20. The van der Waals surface area contributed by atoms with Gasteiger partial charge in [-0.25, -0.2) is 9.59 Å². The molecule has 0 spiro atoms. The molecule has 0 heterocycles. The Morgan fingerprint density at radius 3 is 2.35 bits per heavy atom. The van der Waals surface area contributed by atoms with Crippen LogP contribution in [0.1, 0.15) is 46.0 Å². The van der Waals surface area contributed by atoms with Crippen LogP contribution < -0.4 is 0 Å². The minimum absolute atomic E-state index is 0.153. The normalized spacial score (nSPS) is 13.0. The van der Waals surface area contributed by atoms with Gasteiger partial charge in [0, 0.05) is 12.2 Å². The fourth-order valence-corrected chi connectivity index (χ4v) is 2.19. The van der Waals surface area contributed by atoms with Crippen molar-refractivity contribution >= 4 is 11.9 Å². The predicted molar refractivity (Wildman–Crippen MR) is 90.0 cm³/mol. The molecule has 0 saturated carbocycles. The minimum atomic E-state index is -0.478. The second kappa shape index (κ2) is 14.0. The molecule has 2 atom stereocenters. The molecule has 5 heteroatoms. The number of hydrogen-bond donors (Lipinski definition) is 0. The number of esters is 2. The Morgan fingerprint density at radius 1 is 1.09 bits per heavy atom. The van der Waals surface area contributed by atoms with E-state index in [0.29, 0.717) is 5.92 Å². The van der Waals surface area contributed by atoms with Crippen LogP contribution in [0, 0.1) is 5.92 Å². The molecule has 0 N–H and O–H groups in total. The number of carbonyl (C=O) groups is 2. The zero-order chi connectivity index (χ0) is 17.5. The Labute approximate surface area is 139 Å². The predicted octanol–water partition coefficient (Wildman–Crippen LogP) is 3.44. The van der Waals surface area contributed by atoms with Gasteiger partial charge in [0.05, 0.1) is 13.2 Å². The number of hydrogen-bond acceptors (Lipinski definition) is 5. The van der Waals surface area contributed by atoms with Crippen molar-refractivity contribution in [1.29, 1.82) is 0 Å². The van der Waals surface area contributed by atoms with Gasteiger partial charge in [0.15, 0.2) is 0 Å². The van der Waals surface area contributed by atoms with Crippen molar-refractivity contribution in [3.05, 3.63) is 25.3 Å². The van der Waals surface area contributed by atoms with E-state index in [2.05, 4.69) is 27.0 Å². The molecule has 0 aliphatic carbocycles. The molecule has 132 valence electrons. The Morgan fingerprint density at radius 2 is 1.78 bits per heavy atom. The maximum Gasteiger partial charge on any atom is 0.330 e. The van der Waals surface area contributed by atoms with Crippen molar-refractivity contribution < 1.29 is 23.8 Å². The second-order valence-electron chi connectivity index (χ2n) is 5.36. The molecule has 0 aliphatic rings.